The molecule has 1 heterocycles. The van der Waals surface area contributed by atoms with Gasteiger partial charge >= 0.3 is 5.97 Å². The zero-order valence-electron chi connectivity index (χ0n) is 11.6. The van der Waals surface area contributed by atoms with E-state index in [1.807, 2.05) is 30.7 Å². The van der Waals surface area contributed by atoms with Crippen molar-refractivity contribution in [1.82, 2.24) is 5.32 Å². The number of carboxylic acid groups (broad SMARTS) is 1. The van der Waals surface area contributed by atoms with Gasteiger partial charge in [-0.25, -0.2) is 0 Å². The first-order chi connectivity index (χ1) is 8.83. The zero-order valence-corrected chi connectivity index (χ0v) is 12.4. The molecule has 0 aromatic carbocycles. The van der Waals surface area contributed by atoms with Crippen LogP contribution in [0.1, 0.15) is 39.2 Å². The molecule has 0 spiro atoms. The lowest BCUT2D eigenvalue weighted by Gasteiger charge is -2.33. The molecule has 2 N–H and O–H groups in total. The van der Waals surface area contributed by atoms with E-state index < -0.39 is 11.5 Å². The average molecular weight is 283 g/mol. The highest BCUT2D eigenvalue weighted by atomic mass is 32.1. The van der Waals surface area contributed by atoms with E-state index in [1.54, 1.807) is 18.3 Å². The van der Waals surface area contributed by atoms with E-state index in [0.717, 1.165) is 5.56 Å². The third-order valence-corrected chi connectivity index (χ3v) is 4.17. The first kappa shape index (κ1) is 15.7. The van der Waals surface area contributed by atoms with Crippen molar-refractivity contribution in [3.8, 4) is 0 Å². The second-order valence-corrected chi connectivity index (χ2v) is 6.10. The Morgan fingerprint density at radius 2 is 2.16 bits per heavy atom. The summed E-state index contributed by atoms with van der Waals surface area (Å²) in [5.74, 6) is -0.924. The van der Waals surface area contributed by atoms with Crippen molar-refractivity contribution in [3.05, 3.63) is 22.4 Å². The van der Waals surface area contributed by atoms with Crippen molar-refractivity contribution in [2.45, 2.75) is 45.6 Å². The number of aryl methyl sites for hydroxylation is 1. The molecule has 19 heavy (non-hydrogen) atoms. The van der Waals surface area contributed by atoms with Crippen molar-refractivity contribution in [2.75, 3.05) is 0 Å². The number of nitrogens with one attached hydrogen (secondary N) is 1. The maximum Gasteiger partial charge on any atom is 0.305 e. The van der Waals surface area contributed by atoms with Crippen LogP contribution in [0.5, 0.6) is 0 Å². The molecule has 1 amide bonds. The molecule has 0 aliphatic carbocycles. The van der Waals surface area contributed by atoms with Crippen molar-refractivity contribution < 1.29 is 14.7 Å². The molecule has 4 nitrogen and oxygen atoms in total. The normalized spacial score (nSPS) is 14.1. The van der Waals surface area contributed by atoms with Crippen LogP contribution in [-0.4, -0.2) is 22.5 Å². The molecular weight excluding hydrogens is 262 g/mol. The van der Waals surface area contributed by atoms with Gasteiger partial charge in [0.05, 0.1) is 6.42 Å². The standard InChI is InChI=1S/C14H21NO3S/c1-10(2)14(3,8-13(17)18)15-12(16)5-4-11-6-7-19-9-11/h6-7,9-10H,4-5,8H2,1-3H3,(H,15,16)(H,17,18). The predicted molar refractivity (Wildman–Crippen MR) is 76.3 cm³/mol. The van der Waals surface area contributed by atoms with Gasteiger partial charge in [0.25, 0.3) is 0 Å². The fourth-order valence-corrected chi connectivity index (χ4v) is 2.48. The molecule has 106 valence electrons. The minimum atomic E-state index is -0.894. The maximum absolute atomic E-state index is 11.9. The van der Waals surface area contributed by atoms with Gasteiger partial charge in [-0.05, 0) is 41.7 Å². The monoisotopic (exact) mass is 283 g/mol. The van der Waals surface area contributed by atoms with E-state index in [4.69, 9.17) is 5.11 Å². The Bertz CT molecular complexity index is 428. The Morgan fingerprint density at radius 3 is 2.63 bits per heavy atom. The van der Waals surface area contributed by atoms with Crippen molar-refractivity contribution in [1.29, 1.82) is 0 Å². The number of carbonyl (C=O) groups is 2. The summed E-state index contributed by atoms with van der Waals surface area (Å²) < 4.78 is 0. The van der Waals surface area contributed by atoms with Gasteiger partial charge in [0, 0.05) is 12.0 Å². The number of thiophene rings is 1. The summed E-state index contributed by atoms with van der Waals surface area (Å²) >= 11 is 1.61. The fourth-order valence-electron chi connectivity index (χ4n) is 1.78. The van der Waals surface area contributed by atoms with Crippen molar-refractivity contribution >= 4 is 23.2 Å². The van der Waals surface area contributed by atoms with Gasteiger partial charge in [0.15, 0.2) is 0 Å². The molecule has 1 aromatic heterocycles. The molecule has 0 radical (unpaired) electrons. The van der Waals surface area contributed by atoms with Crippen LogP contribution < -0.4 is 5.32 Å². The third-order valence-electron chi connectivity index (χ3n) is 3.44. The lowest BCUT2D eigenvalue weighted by Crippen LogP contribution is -2.51. The van der Waals surface area contributed by atoms with Gasteiger partial charge in [0.2, 0.25) is 5.91 Å². The van der Waals surface area contributed by atoms with Crippen LogP contribution in [0.2, 0.25) is 0 Å². The first-order valence-corrected chi connectivity index (χ1v) is 7.31. The summed E-state index contributed by atoms with van der Waals surface area (Å²) in [4.78, 5) is 22.8. The van der Waals surface area contributed by atoms with Crippen LogP contribution in [0.4, 0.5) is 0 Å². The Kier molecular flexibility index (Phi) is 5.54. The molecule has 1 unspecified atom stereocenters. The number of aliphatic carboxylic acids is 1. The molecule has 0 aliphatic heterocycles. The van der Waals surface area contributed by atoms with Crippen LogP contribution in [-0.2, 0) is 16.0 Å². The minimum absolute atomic E-state index is 0.0607. The molecule has 0 bridgehead atoms. The molecule has 0 saturated heterocycles. The highest BCUT2D eigenvalue weighted by Crippen LogP contribution is 2.21. The molecule has 1 rings (SSSR count). The highest BCUT2D eigenvalue weighted by molar-refractivity contribution is 7.07. The lowest BCUT2D eigenvalue weighted by molar-refractivity contribution is -0.139. The fraction of sp³-hybridized carbons (Fsp3) is 0.571. The van der Waals surface area contributed by atoms with E-state index in [-0.39, 0.29) is 18.2 Å². The van der Waals surface area contributed by atoms with E-state index in [2.05, 4.69) is 5.32 Å². The Hall–Kier alpha value is -1.36. The highest BCUT2D eigenvalue weighted by Gasteiger charge is 2.32. The minimum Gasteiger partial charge on any atom is -0.481 e. The summed E-state index contributed by atoms with van der Waals surface area (Å²) in [7, 11) is 0. The first-order valence-electron chi connectivity index (χ1n) is 6.37. The molecular formula is C14H21NO3S. The number of amides is 1. The number of carboxylic acids is 1. The number of carbonyl (C=O) groups excluding carboxylic acids is 1. The molecule has 0 fully saturated rings. The summed E-state index contributed by atoms with van der Waals surface area (Å²) in [5.41, 5.74) is 0.446. The Balaban J connectivity index is 2.54. The summed E-state index contributed by atoms with van der Waals surface area (Å²) in [6.07, 6.45) is 1.02. The van der Waals surface area contributed by atoms with Gasteiger partial charge in [-0.15, -0.1) is 0 Å². The maximum atomic E-state index is 11.9. The van der Waals surface area contributed by atoms with E-state index in [9.17, 15) is 9.59 Å². The van der Waals surface area contributed by atoms with Gasteiger partial charge in [-0.3, -0.25) is 9.59 Å². The zero-order chi connectivity index (χ0) is 14.5. The average Bonchev–Trinajstić information content (AvgIpc) is 2.77. The molecule has 5 heteroatoms. The van der Waals surface area contributed by atoms with Crippen LogP contribution in [0.3, 0.4) is 0 Å². The van der Waals surface area contributed by atoms with Crippen LogP contribution in [0.25, 0.3) is 0 Å². The van der Waals surface area contributed by atoms with Crippen molar-refractivity contribution in [3.63, 3.8) is 0 Å². The van der Waals surface area contributed by atoms with E-state index in [0.29, 0.717) is 12.8 Å². The van der Waals surface area contributed by atoms with E-state index >= 15 is 0 Å². The van der Waals surface area contributed by atoms with Gasteiger partial charge in [-0.1, -0.05) is 13.8 Å². The molecule has 1 aromatic rings. The second-order valence-electron chi connectivity index (χ2n) is 5.32. The van der Waals surface area contributed by atoms with Gasteiger partial charge in [0.1, 0.15) is 0 Å². The Morgan fingerprint density at radius 1 is 1.47 bits per heavy atom. The predicted octanol–water partition coefficient (Wildman–Crippen LogP) is 2.69. The van der Waals surface area contributed by atoms with Crippen molar-refractivity contribution in [2.24, 2.45) is 5.92 Å². The topological polar surface area (TPSA) is 66.4 Å². The number of hydrogen-bond donors (Lipinski definition) is 2. The van der Waals surface area contributed by atoms with Crippen LogP contribution in [0.15, 0.2) is 16.8 Å². The molecule has 1 atom stereocenters. The summed E-state index contributed by atoms with van der Waals surface area (Å²) in [6, 6.07) is 2.00. The summed E-state index contributed by atoms with van der Waals surface area (Å²) in [6.45, 7) is 5.62. The second kappa shape index (κ2) is 6.70. The van der Waals surface area contributed by atoms with E-state index in [1.165, 1.54) is 0 Å². The van der Waals surface area contributed by atoms with Crippen LogP contribution in [0, 0.1) is 5.92 Å². The molecule has 0 aliphatic rings. The van der Waals surface area contributed by atoms with Crippen LogP contribution >= 0.6 is 11.3 Å². The largest absolute Gasteiger partial charge is 0.481 e. The Labute approximate surface area is 117 Å². The number of rotatable bonds is 7. The third kappa shape index (κ3) is 5.03. The number of hydrogen-bond acceptors (Lipinski definition) is 3. The van der Waals surface area contributed by atoms with Gasteiger partial charge in [-0.2, -0.15) is 11.3 Å². The molecule has 0 saturated carbocycles. The lowest BCUT2D eigenvalue weighted by atomic mass is 9.85. The summed E-state index contributed by atoms with van der Waals surface area (Å²) in [5, 5.41) is 15.8. The SMILES string of the molecule is CC(C)C(C)(CC(=O)O)NC(=O)CCc1ccsc1. The quantitative estimate of drug-likeness (QED) is 0.808. The smallest absolute Gasteiger partial charge is 0.305 e. The van der Waals surface area contributed by atoms with Gasteiger partial charge < -0.3 is 10.4 Å².